The van der Waals surface area contributed by atoms with Crippen molar-refractivity contribution in [1.82, 2.24) is 14.8 Å². The first kappa shape index (κ1) is 19.7. The Hall–Kier alpha value is -2.60. The lowest BCUT2D eigenvalue weighted by atomic mass is 10.0. The summed E-state index contributed by atoms with van der Waals surface area (Å²) < 4.78 is 1.86. The number of pyridine rings is 1. The van der Waals surface area contributed by atoms with Crippen LogP contribution in [-0.2, 0) is 5.60 Å². The van der Waals surface area contributed by atoms with Crippen molar-refractivity contribution in [2.45, 2.75) is 29.2 Å². The van der Waals surface area contributed by atoms with E-state index in [-0.39, 0.29) is 0 Å². The number of benzene rings is 2. The lowest BCUT2D eigenvalue weighted by molar-refractivity contribution is 0.0782. The van der Waals surface area contributed by atoms with Gasteiger partial charge in [-0.05, 0) is 56.3 Å². The van der Waals surface area contributed by atoms with E-state index in [0.29, 0.717) is 5.02 Å². The van der Waals surface area contributed by atoms with Gasteiger partial charge in [0.05, 0.1) is 21.9 Å². The number of rotatable bonds is 5. The summed E-state index contributed by atoms with van der Waals surface area (Å²) in [5, 5.41) is 15.7. The highest BCUT2D eigenvalue weighted by atomic mass is 35.5. The Morgan fingerprint density at radius 3 is 2.31 bits per heavy atom. The second-order valence-corrected chi connectivity index (χ2v) is 8.72. The van der Waals surface area contributed by atoms with Crippen LogP contribution in [0, 0.1) is 0 Å². The van der Waals surface area contributed by atoms with Gasteiger partial charge in [-0.2, -0.15) is 5.10 Å². The molecule has 4 rings (SSSR count). The standard InChI is InChI=1S/C23H20ClN3OS/c1-23(2,28)16-8-13-20(25-14-16)22-21(29-19-11-9-17(24)10-12-19)15-27(26-22)18-6-4-3-5-7-18/h3-15,28H,1-2H3. The summed E-state index contributed by atoms with van der Waals surface area (Å²) in [6.07, 6.45) is 3.71. The number of aliphatic hydroxyl groups is 1. The number of hydrogen-bond donors (Lipinski definition) is 1. The molecule has 0 saturated carbocycles. The minimum Gasteiger partial charge on any atom is -0.386 e. The van der Waals surface area contributed by atoms with Gasteiger partial charge in [0.15, 0.2) is 0 Å². The Kier molecular flexibility index (Phi) is 5.46. The Balaban J connectivity index is 1.76. The molecule has 4 nitrogen and oxygen atoms in total. The van der Waals surface area contributed by atoms with E-state index in [2.05, 4.69) is 4.98 Å². The summed E-state index contributed by atoms with van der Waals surface area (Å²) in [6, 6.07) is 21.5. The predicted octanol–water partition coefficient (Wildman–Crippen LogP) is 5.97. The normalized spacial score (nSPS) is 11.6. The molecular formula is C23H20ClN3OS. The van der Waals surface area contributed by atoms with Crippen LogP contribution in [-0.4, -0.2) is 19.9 Å². The molecule has 0 bridgehead atoms. The lowest BCUT2D eigenvalue weighted by Crippen LogP contribution is -2.15. The molecule has 0 unspecified atom stereocenters. The fraction of sp³-hybridized carbons (Fsp3) is 0.130. The highest BCUT2D eigenvalue weighted by Crippen LogP contribution is 2.36. The van der Waals surface area contributed by atoms with Crippen molar-refractivity contribution in [2.24, 2.45) is 0 Å². The van der Waals surface area contributed by atoms with Crippen molar-refractivity contribution in [2.75, 3.05) is 0 Å². The van der Waals surface area contributed by atoms with Crippen LogP contribution in [0.15, 0.2) is 88.9 Å². The average Bonchev–Trinajstić information content (AvgIpc) is 3.14. The maximum absolute atomic E-state index is 10.2. The molecule has 0 atom stereocenters. The molecule has 4 aromatic rings. The third-order valence-corrected chi connectivity index (χ3v) is 5.73. The third kappa shape index (κ3) is 4.53. The van der Waals surface area contributed by atoms with Gasteiger partial charge in [0.25, 0.3) is 0 Å². The van der Waals surface area contributed by atoms with Crippen molar-refractivity contribution in [1.29, 1.82) is 0 Å². The number of nitrogens with zero attached hydrogens (tertiary/aromatic N) is 3. The number of para-hydroxylation sites is 1. The van der Waals surface area contributed by atoms with Gasteiger partial charge in [0.2, 0.25) is 0 Å². The molecule has 0 amide bonds. The molecule has 146 valence electrons. The SMILES string of the molecule is CC(C)(O)c1ccc(-c2nn(-c3ccccc3)cc2Sc2ccc(Cl)cc2)nc1. The Morgan fingerprint density at radius 1 is 0.966 bits per heavy atom. The zero-order chi connectivity index (χ0) is 20.4. The minimum atomic E-state index is -0.935. The molecule has 29 heavy (non-hydrogen) atoms. The maximum atomic E-state index is 10.2. The molecule has 0 fully saturated rings. The van der Waals surface area contributed by atoms with Crippen LogP contribution in [0.5, 0.6) is 0 Å². The monoisotopic (exact) mass is 421 g/mol. The highest BCUT2D eigenvalue weighted by molar-refractivity contribution is 7.99. The molecule has 6 heteroatoms. The number of halogens is 1. The summed E-state index contributed by atoms with van der Waals surface area (Å²) >= 11 is 7.63. The molecule has 2 aromatic heterocycles. The smallest absolute Gasteiger partial charge is 0.125 e. The van der Waals surface area contributed by atoms with E-state index in [1.807, 2.05) is 77.6 Å². The van der Waals surface area contributed by atoms with Crippen LogP contribution in [0.25, 0.3) is 17.1 Å². The first-order valence-corrected chi connectivity index (χ1v) is 10.4. The molecule has 0 spiro atoms. The van der Waals surface area contributed by atoms with Gasteiger partial charge in [0.1, 0.15) is 5.69 Å². The van der Waals surface area contributed by atoms with E-state index in [4.69, 9.17) is 16.7 Å². The van der Waals surface area contributed by atoms with E-state index in [9.17, 15) is 5.11 Å². The van der Waals surface area contributed by atoms with Crippen molar-refractivity contribution >= 4 is 23.4 Å². The maximum Gasteiger partial charge on any atom is 0.125 e. The molecule has 0 aliphatic rings. The van der Waals surface area contributed by atoms with Crippen LogP contribution >= 0.6 is 23.4 Å². The van der Waals surface area contributed by atoms with E-state index < -0.39 is 5.60 Å². The second kappa shape index (κ2) is 8.03. The van der Waals surface area contributed by atoms with E-state index in [1.54, 1.807) is 31.8 Å². The molecule has 1 N–H and O–H groups in total. The van der Waals surface area contributed by atoms with E-state index >= 15 is 0 Å². The second-order valence-electron chi connectivity index (χ2n) is 7.17. The van der Waals surface area contributed by atoms with E-state index in [1.165, 1.54) is 0 Å². The Morgan fingerprint density at radius 2 is 1.69 bits per heavy atom. The first-order valence-electron chi connectivity index (χ1n) is 9.18. The van der Waals surface area contributed by atoms with Gasteiger partial charge < -0.3 is 5.11 Å². The summed E-state index contributed by atoms with van der Waals surface area (Å²) in [5.41, 5.74) is 2.34. The van der Waals surface area contributed by atoms with Crippen LogP contribution in [0.4, 0.5) is 0 Å². The zero-order valence-electron chi connectivity index (χ0n) is 16.1. The molecule has 2 heterocycles. The third-order valence-electron chi connectivity index (χ3n) is 4.46. The number of hydrogen-bond acceptors (Lipinski definition) is 4. The summed E-state index contributed by atoms with van der Waals surface area (Å²) in [5.74, 6) is 0. The highest BCUT2D eigenvalue weighted by Gasteiger charge is 2.19. The van der Waals surface area contributed by atoms with Crippen molar-refractivity contribution in [3.8, 4) is 17.1 Å². The van der Waals surface area contributed by atoms with Crippen LogP contribution in [0.2, 0.25) is 5.02 Å². The van der Waals surface area contributed by atoms with Gasteiger partial charge in [-0.1, -0.05) is 47.6 Å². The molecule has 0 aliphatic carbocycles. The molecule has 2 aromatic carbocycles. The van der Waals surface area contributed by atoms with E-state index in [0.717, 1.165) is 32.4 Å². The van der Waals surface area contributed by atoms with Gasteiger partial charge in [-0.25, -0.2) is 4.68 Å². The average molecular weight is 422 g/mol. The molecule has 0 aliphatic heterocycles. The Bertz CT molecular complexity index is 1100. The first-order chi connectivity index (χ1) is 13.9. The van der Waals surface area contributed by atoms with Crippen molar-refractivity contribution in [3.63, 3.8) is 0 Å². The summed E-state index contributed by atoms with van der Waals surface area (Å²) in [4.78, 5) is 6.62. The van der Waals surface area contributed by atoms with Gasteiger partial charge in [-0.15, -0.1) is 0 Å². The van der Waals surface area contributed by atoms with Crippen molar-refractivity contribution < 1.29 is 5.11 Å². The zero-order valence-corrected chi connectivity index (χ0v) is 17.7. The topological polar surface area (TPSA) is 50.9 Å². The van der Waals surface area contributed by atoms with Crippen molar-refractivity contribution in [3.05, 3.63) is 89.7 Å². The quantitative estimate of drug-likeness (QED) is 0.431. The van der Waals surface area contributed by atoms with Gasteiger partial charge in [-0.3, -0.25) is 4.98 Å². The largest absolute Gasteiger partial charge is 0.386 e. The van der Waals surface area contributed by atoms with Crippen LogP contribution < -0.4 is 0 Å². The fourth-order valence-electron chi connectivity index (χ4n) is 2.85. The van der Waals surface area contributed by atoms with Gasteiger partial charge in [0, 0.05) is 27.9 Å². The van der Waals surface area contributed by atoms with Gasteiger partial charge >= 0.3 is 0 Å². The lowest BCUT2D eigenvalue weighted by Gasteiger charge is -2.17. The summed E-state index contributed by atoms with van der Waals surface area (Å²) in [6.45, 7) is 3.49. The molecule has 0 radical (unpaired) electrons. The molecule has 0 saturated heterocycles. The predicted molar refractivity (Wildman–Crippen MR) is 118 cm³/mol. The van der Waals surface area contributed by atoms with Crippen LogP contribution in [0.1, 0.15) is 19.4 Å². The fourth-order valence-corrected chi connectivity index (χ4v) is 3.90. The Labute approximate surface area is 179 Å². The summed E-state index contributed by atoms with van der Waals surface area (Å²) in [7, 11) is 0. The molecular weight excluding hydrogens is 402 g/mol. The minimum absolute atomic E-state index is 0.707. The number of aromatic nitrogens is 3. The van der Waals surface area contributed by atoms with Crippen LogP contribution in [0.3, 0.4) is 0 Å².